The van der Waals surface area contributed by atoms with Crippen LogP contribution in [0.4, 0.5) is 4.39 Å². The maximum atomic E-state index is 13.4. The van der Waals surface area contributed by atoms with Crippen LogP contribution in [-0.2, 0) is 12.3 Å². The molecule has 0 atom stereocenters. The molecule has 138 valence electrons. The number of halogens is 2. The third kappa shape index (κ3) is 9.08. The van der Waals surface area contributed by atoms with E-state index in [0.29, 0.717) is 6.54 Å². The van der Waals surface area contributed by atoms with Crippen LogP contribution >= 0.6 is 35.7 Å². The highest BCUT2D eigenvalue weighted by atomic mass is 127. The minimum absolute atomic E-state index is 0. The number of thioether (sulfide) groups is 1. The zero-order valence-corrected chi connectivity index (χ0v) is 18.2. The monoisotopic (exact) mass is 468 g/mol. The number of nitrogens with one attached hydrogen (secondary N) is 2. The van der Waals surface area contributed by atoms with Crippen molar-refractivity contribution in [2.24, 2.45) is 4.99 Å². The van der Waals surface area contributed by atoms with Crippen LogP contribution in [0, 0.1) is 5.82 Å². The first-order valence-electron chi connectivity index (χ1n) is 8.07. The molecule has 0 spiro atoms. The van der Waals surface area contributed by atoms with Gasteiger partial charge in [-0.15, -0.1) is 24.0 Å². The van der Waals surface area contributed by atoms with Crippen molar-refractivity contribution in [1.82, 2.24) is 15.5 Å². The van der Waals surface area contributed by atoms with E-state index in [1.807, 2.05) is 19.2 Å². The van der Waals surface area contributed by atoms with Crippen molar-refractivity contribution >= 4 is 41.7 Å². The Balaban J connectivity index is 0.00000529. The van der Waals surface area contributed by atoms with Crippen molar-refractivity contribution in [1.29, 1.82) is 0 Å². The minimum atomic E-state index is -0.186. The van der Waals surface area contributed by atoms with E-state index >= 15 is 0 Å². The largest absolute Gasteiger partial charge is 0.357 e. The Morgan fingerprint density at radius 3 is 2.62 bits per heavy atom. The van der Waals surface area contributed by atoms with Crippen LogP contribution in [0.3, 0.4) is 0 Å². The molecule has 0 aromatic heterocycles. The summed E-state index contributed by atoms with van der Waals surface area (Å²) in [4.78, 5) is 6.87. The van der Waals surface area contributed by atoms with Crippen LogP contribution in [0.2, 0.25) is 0 Å². The number of nitrogens with zero attached hydrogens (tertiary/aromatic N) is 2. The van der Waals surface area contributed by atoms with E-state index in [1.165, 1.54) is 6.07 Å². The fourth-order valence-corrected chi connectivity index (χ4v) is 2.65. The molecule has 1 aromatic rings. The van der Waals surface area contributed by atoms with E-state index in [9.17, 15) is 4.39 Å². The lowest BCUT2D eigenvalue weighted by Crippen LogP contribution is -2.40. The molecule has 24 heavy (non-hydrogen) atoms. The summed E-state index contributed by atoms with van der Waals surface area (Å²) in [7, 11) is 2.10. The summed E-state index contributed by atoms with van der Waals surface area (Å²) in [6.07, 6.45) is 2.02. The van der Waals surface area contributed by atoms with Crippen molar-refractivity contribution in [3.8, 4) is 0 Å². The molecular weight excluding hydrogens is 438 g/mol. The van der Waals surface area contributed by atoms with Crippen LogP contribution < -0.4 is 10.6 Å². The second kappa shape index (κ2) is 13.7. The van der Waals surface area contributed by atoms with Gasteiger partial charge < -0.3 is 15.5 Å². The van der Waals surface area contributed by atoms with E-state index in [-0.39, 0.29) is 29.8 Å². The fourth-order valence-electron chi connectivity index (χ4n) is 2.07. The molecule has 4 nitrogen and oxygen atoms in total. The molecular formula is C17H30FIN4S. The second-order valence-electron chi connectivity index (χ2n) is 5.36. The molecule has 2 N–H and O–H groups in total. The quantitative estimate of drug-likeness (QED) is 0.332. The van der Waals surface area contributed by atoms with E-state index < -0.39 is 0 Å². The first-order chi connectivity index (χ1) is 11.1. The first kappa shape index (κ1) is 23.5. The minimum Gasteiger partial charge on any atom is -0.357 e. The summed E-state index contributed by atoms with van der Waals surface area (Å²) < 4.78 is 13.4. The van der Waals surface area contributed by atoms with Gasteiger partial charge in [0.15, 0.2) is 5.96 Å². The number of guanidine groups is 1. The average molecular weight is 468 g/mol. The van der Waals surface area contributed by atoms with Crippen LogP contribution in [0.5, 0.6) is 0 Å². The van der Waals surface area contributed by atoms with E-state index in [4.69, 9.17) is 0 Å². The predicted octanol–water partition coefficient (Wildman–Crippen LogP) is 3.31. The molecule has 1 rings (SSSR count). The molecule has 0 heterocycles. The molecule has 0 aliphatic carbocycles. The van der Waals surface area contributed by atoms with Gasteiger partial charge >= 0.3 is 0 Å². The molecule has 7 heteroatoms. The van der Waals surface area contributed by atoms with Gasteiger partial charge in [0.25, 0.3) is 0 Å². The Kier molecular flexibility index (Phi) is 13.4. The lowest BCUT2D eigenvalue weighted by atomic mass is 10.1. The standard InChI is InChI=1S/C17H29FN4S.HI/c1-5-19-17(20-9-10-22(3)6-2)21-12-14-7-8-16(18)11-15(14)13-23-4;/h7-8,11H,5-6,9-10,12-13H2,1-4H3,(H2,19,20,21);1H. The van der Waals surface area contributed by atoms with E-state index in [1.54, 1.807) is 17.8 Å². The maximum absolute atomic E-state index is 13.4. The molecule has 0 saturated carbocycles. The fraction of sp³-hybridized carbons (Fsp3) is 0.588. The van der Waals surface area contributed by atoms with Gasteiger partial charge in [0, 0.05) is 25.4 Å². The highest BCUT2D eigenvalue weighted by molar-refractivity contribution is 14.0. The van der Waals surface area contributed by atoms with Gasteiger partial charge in [-0.05, 0) is 50.0 Å². The third-order valence-corrected chi connectivity index (χ3v) is 4.15. The second-order valence-corrected chi connectivity index (χ2v) is 6.23. The summed E-state index contributed by atoms with van der Waals surface area (Å²) in [5.74, 6) is 1.42. The Bertz CT molecular complexity index is 499. The lowest BCUT2D eigenvalue weighted by molar-refractivity contribution is 0.357. The first-order valence-corrected chi connectivity index (χ1v) is 9.47. The number of benzene rings is 1. The van der Waals surface area contributed by atoms with Crippen molar-refractivity contribution < 1.29 is 4.39 Å². The number of rotatable bonds is 9. The predicted molar refractivity (Wildman–Crippen MR) is 115 cm³/mol. The van der Waals surface area contributed by atoms with Gasteiger partial charge in [-0.25, -0.2) is 9.38 Å². The normalized spacial score (nSPS) is 11.3. The van der Waals surface area contributed by atoms with Gasteiger partial charge in [-0.1, -0.05) is 13.0 Å². The maximum Gasteiger partial charge on any atom is 0.191 e. The lowest BCUT2D eigenvalue weighted by Gasteiger charge is -2.16. The molecule has 0 amide bonds. The smallest absolute Gasteiger partial charge is 0.191 e. The summed E-state index contributed by atoms with van der Waals surface area (Å²) in [6.45, 7) is 8.40. The Morgan fingerprint density at radius 1 is 1.25 bits per heavy atom. The van der Waals surface area contributed by atoms with Gasteiger partial charge in [-0.3, -0.25) is 0 Å². The molecule has 0 bridgehead atoms. The number of hydrogen-bond donors (Lipinski definition) is 2. The Morgan fingerprint density at radius 2 is 2.00 bits per heavy atom. The molecule has 0 unspecified atom stereocenters. The third-order valence-electron chi connectivity index (χ3n) is 3.55. The molecule has 0 aliphatic heterocycles. The highest BCUT2D eigenvalue weighted by Crippen LogP contribution is 2.17. The number of likely N-dealkylation sites (N-methyl/N-ethyl adjacent to an activating group) is 1. The van der Waals surface area contributed by atoms with Crippen LogP contribution in [-0.4, -0.2) is 50.3 Å². The molecule has 1 aromatic carbocycles. The van der Waals surface area contributed by atoms with Crippen LogP contribution in [0.1, 0.15) is 25.0 Å². The van der Waals surface area contributed by atoms with E-state index in [0.717, 1.165) is 49.0 Å². The van der Waals surface area contributed by atoms with Gasteiger partial charge in [0.2, 0.25) is 0 Å². The summed E-state index contributed by atoms with van der Waals surface area (Å²) in [5.41, 5.74) is 2.09. The van der Waals surface area contributed by atoms with Gasteiger partial charge in [0.1, 0.15) is 5.82 Å². The van der Waals surface area contributed by atoms with Crippen molar-refractivity contribution in [3.63, 3.8) is 0 Å². The Hall–Kier alpha value is -0.540. The average Bonchev–Trinajstić information content (AvgIpc) is 2.54. The van der Waals surface area contributed by atoms with E-state index in [2.05, 4.69) is 34.5 Å². The number of hydrogen-bond acceptors (Lipinski definition) is 3. The van der Waals surface area contributed by atoms with Crippen molar-refractivity contribution in [2.45, 2.75) is 26.1 Å². The van der Waals surface area contributed by atoms with Crippen molar-refractivity contribution in [3.05, 3.63) is 35.1 Å². The van der Waals surface area contributed by atoms with Crippen LogP contribution in [0.15, 0.2) is 23.2 Å². The SMILES string of the molecule is CCNC(=NCc1ccc(F)cc1CSC)NCCN(C)CC.I. The zero-order chi connectivity index (χ0) is 17.1. The Labute approximate surface area is 167 Å². The zero-order valence-electron chi connectivity index (χ0n) is 15.1. The topological polar surface area (TPSA) is 39.7 Å². The molecule has 0 aliphatic rings. The summed E-state index contributed by atoms with van der Waals surface area (Å²) in [5, 5.41) is 6.59. The highest BCUT2D eigenvalue weighted by Gasteiger charge is 2.05. The molecule has 0 radical (unpaired) electrons. The number of aliphatic imine (C=N–C) groups is 1. The summed E-state index contributed by atoms with van der Waals surface area (Å²) >= 11 is 1.69. The molecule has 0 saturated heterocycles. The summed E-state index contributed by atoms with van der Waals surface area (Å²) in [6, 6.07) is 4.95. The van der Waals surface area contributed by atoms with Crippen LogP contribution in [0.25, 0.3) is 0 Å². The van der Waals surface area contributed by atoms with Gasteiger partial charge in [-0.2, -0.15) is 11.8 Å². The van der Waals surface area contributed by atoms with Crippen molar-refractivity contribution in [2.75, 3.05) is 39.5 Å². The molecule has 0 fully saturated rings. The van der Waals surface area contributed by atoms with Gasteiger partial charge in [0.05, 0.1) is 6.54 Å².